The molecule has 0 atom stereocenters. The number of piperidine rings is 2. The first-order valence-corrected chi connectivity index (χ1v) is 17.6. The van der Waals surface area contributed by atoms with Gasteiger partial charge in [-0.3, -0.25) is 28.9 Å². The fourth-order valence-electron chi connectivity index (χ4n) is 7.43. The van der Waals surface area contributed by atoms with Crippen LogP contribution in [-0.4, -0.2) is 107 Å². The molecule has 0 aromatic rings. The molecule has 0 aromatic heterocycles. The highest BCUT2D eigenvalue weighted by Gasteiger charge is 2.50. The van der Waals surface area contributed by atoms with E-state index in [4.69, 9.17) is 19.1 Å². The Kier molecular flexibility index (Phi) is 15.5. The van der Waals surface area contributed by atoms with Crippen LogP contribution in [0.4, 0.5) is 0 Å². The van der Waals surface area contributed by atoms with E-state index in [1.807, 2.05) is 65.5 Å². The Balaban J connectivity index is 1.90. The monoisotopic (exact) mass is 700 g/mol. The summed E-state index contributed by atoms with van der Waals surface area (Å²) in [6.07, 6.45) is 4.93. The van der Waals surface area contributed by atoms with E-state index >= 15 is 0 Å². The zero-order valence-electron chi connectivity index (χ0n) is 32.0. The summed E-state index contributed by atoms with van der Waals surface area (Å²) in [6.45, 7) is 17.9. The molecule has 0 spiro atoms. The number of esters is 4. The van der Waals surface area contributed by atoms with Crippen molar-refractivity contribution in [1.82, 2.24) is 10.1 Å². The van der Waals surface area contributed by atoms with Gasteiger partial charge in [0.25, 0.3) is 0 Å². The van der Waals surface area contributed by atoms with Crippen molar-refractivity contribution in [1.29, 1.82) is 0 Å². The van der Waals surface area contributed by atoms with E-state index in [2.05, 4.69) is 9.47 Å². The molecule has 49 heavy (non-hydrogen) atoms. The third kappa shape index (κ3) is 13.7. The number of aliphatic hydroxyl groups is 1. The minimum Gasteiger partial charge on any atom is -0.469 e. The van der Waals surface area contributed by atoms with Crippen molar-refractivity contribution >= 4 is 23.9 Å². The fraction of sp³-hybridized carbons (Fsp3) is 0.889. The molecule has 0 unspecified atom stereocenters. The second kappa shape index (κ2) is 17.7. The van der Waals surface area contributed by atoms with Crippen molar-refractivity contribution in [2.45, 2.75) is 179 Å². The average Bonchev–Trinajstić information content (AvgIpc) is 2.94. The van der Waals surface area contributed by atoms with Gasteiger partial charge in [0.05, 0.1) is 27.4 Å². The molecule has 0 aromatic carbocycles. The van der Waals surface area contributed by atoms with Gasteiger partial charge in [0.2, 0.25) is 0 Å². The van der Waals surface area contributed by atoms with E-state index in [9.17, 15) is 24.3 Å². The summed E-state index contributed by atoms with van der Waals surface area (Å²) >= 11 is 0. The van der Waals surface area contributed by atoms with Crippen LogP contribution >= 0.6 is 0 Å². The maximum absolute atomic E-state index is 12.6. The lowest BCUT2D eigenvalue weighted by molar-refractivity contribution is -0.333. The molecule has 0 radical (unpaired) electrons. The number of carbonyl (C=O) groups is 4. The highest BCUT2D eigenvalue weighted by molar-refractivity contribution is 5.71. The van der Waals surface area contributed by atoms with Crippen LogP contribution in [0.2, 0.25) is 0 Å². The second-order valence-electron chi connectivity index (χ2n) is 16.5. The normalized spacial score (nSPS) is 21.1. The van der Waals surface area contributed by atoms with Crippen LogP contribution in [0.25, 0.3) is 0 Å². The highest BCUT2D eigenvalue weighted by atomic mass is 16.7. The zero-order chi connectivity index (χ0) is 37.3. The smallest absolute Gasteiger partial charge is 0.306 e. The summed E-state index contributed by atoms with van der Waals surface area (Å²) in [5.41, 5.74) is -3.34. The summed E-state index contributed by atoms with van der Waals surface area (Å²) in [6, 6.07) is 0. The van der Waals surface area contributed by atoms with Crippen LogP contribution in [0, 0.1) is 0 Å². The van der Waals surface area contributed by atoms with Crippen molar-refractivity contribution in [3.63, 3.8) is 0 Å². The van der Waals surface area contributed by atoms with Gasteiger partial charge in [-0.1, -0.05) is 0 Å². The van der Waals surface area contributed by atoms with Crippen molar-refractivity contribution in [3.05, 3.63) is 0 Å². The number of nitrogens with zero attached hydrogens (tertiary/aromatic N) is 2. The highest BCUT2D eigenvalue weighted by Crippen LogP contribution is 2.42. The summed E-state index contributed by atoms with van der Waals surface area (Å²) < 4.78 is 21.0. The van der Waals surface area contributed by atoms with Crippen molar-refractivity contribution < 1.29 is 52.9 Å². The quantitative estimate of drug-likeness (QED) is 0.114. The van der Waals surface area contributed by atoms with Crippen LogP contribution in [-0.2, 0) is 47.8 Å². The Bertz CT molecular complexity index is 998. The van der Waals surface area contributed by atoms with Crippen LogP contribution in [0.1, 0.15) is 139 Å². The molecule has 1 N–H and O–H groups in total. The minimum atomic E-state index is -1.33. The summed E-state index contributed by atoms with van der Waals surface area (Å²) in [5.74, 6) is -1.14. The molecule has 2 fully saturated rings. The van der Waals surface area contributed by atoms with Crippen molar-refractivity contribution in [2.75, 3.05) is 27.4 Å². The first-order chi connectivity index (χ1) is 22.5. The van der Waals surface area contributed by atoms with Crippen molar-refractivity contribution in [3.8, 4) is 0 Å². The number of unbranched alkanes of at least 4 members (excludes halogenated alkanes) is 2. The van der Waals surface area contributed by atoms with E-state index < -0.39 is 27.8 Å². The number of hydroxylamine groups is 4. The van der Waals surface area contributed by atoms with Gasteiger partial charge in [-0.05, 0) is 88.0 Å². The van der Waals surface area contributed by atoms with E-state index in [0.717, 1.165) is 0 Å². The lowest BCUT2D eigenvalue weighted by Crippen LogP contribution is -2.64. The van der Waals surface area contributed by atoms with Gasteiger partial charge < -0.3 is 24.1 Å². The maximum atomic E-state index is 12.6. The first-order valence-electron chi connectivity index (χ1n) is 17.6. The van der Waals surface area contributed by atoms with E-state index in [-0.39, 0.29) is 75.0 Å². The lowest BCUT2D eigenvalue weighted by Gasteiger charge is -2.54. The van der Waals surface area contributed by atoms with Gasteiger partial charge in [0, 0.05) is 73.5 Å². The first kappa shape index (κ1) is 42.8. The van der Waals surface area contributed by atoms with Gasteiger partial charge in [-0.25, -0.2) is 0 Å². The van der Waals surface area contributed by atoms with Gasteiger partial charge in [-0.2, -0.15) is 10.1 Å². The second-order valence-corrected chi connectivity index (χ2v) is 16.5. The Morgan fingerprint density at radius 2 is 0.837 bits per heavy atom. The molecule has 0 saturated carbocycles. The van der Waals surface area contributed by atoms with E-state index in [0.29, 0.717) is 51.4 Å². The standard InChI is InChI=1S/C36H64N2O11/c1-32(2)20-26(48-30(41)18-14-12-16-28(39)44-10)21-33(3,4)37(32)46-24-36(9,43)25-47-38-34(5,6)22-27(23-35(38,7)8)49-31(42)19-15-13-17-29(40)45-11/h26-27,43H,12-25H2,1-11H3. The maximum Gasteiger partial charge on any atom is 0.306 e. The molecular formula is C36H64N2O11. The third-order valence-corrected chi connectivity index (χ3v) is 9.19. The van der Waals surface area contributed by atoms with Crippen molar-refractivity contribution in [2.24, 2.45) is 0 Å². The predicted octanol–water partition coefficient (Wildman–Crippen LogP) is 5.20. The Morgan fingerprint density at radius 3 is 1.10 bits per heavy atom. The summed E-state index contributed by atoms with van der Waals surface area (Å²) in [7, 11) is 2.70. The number of ether oxygens (including phenoxy) is 4. The number of rotatable bonds is 18. The van der Waals surface area contributed by atoms with Crippen LogP contribution in [0.3, 0.4) is 0 Å². The lowest BCUT2D eigenvalue weighted by atomic mass is 9.80. The average molecular weight is 701 g/mol. The molecule has 0 amide bonds. The molecule has 13 nitrogen and oxygen atoms in total. The molecule has 2 rings (SSSR count). The van der Waals surface area contributed by atoms with Gasteiger partial charge in [-0.15, -0.1) is 0 Å². The predicted molar refractivity (Wildman–Crippen MR) is 182 cm³/mol. The number of carbonyl (C=O) groups excluding carboxylic acids is 4. The number of hydrogen-bond donors (Lipinski definition) is 1. The zero-order valence-corrected chi connectivity index (χ0v) is 32.0. The van der Waals surface area contributed by atoms with Crippen LogP contribution < -0.4 is 0 Å². The molecule has 13 heteroatoms. The molecule has 284 valence electrons. The van der Waals surface area contributed by atoms with Crippen LogP contribution in [0.15, 0.2) is 0 Å². The third-order valence-electron chi connectivity index (χ3n) is 9.19. The topological polar surface area (TPSA) is 150 Å². The molecule has 2 heterocycles. The van der Waals surface area contributed by atoms with E-state index in [1.165, 1.54) is 14.2 Å². The number of hydrogen-bond acceptors (Lipinski definition) is 13. The largest absolute Gasteiger partial charge is 0.469 e. The Hall–Kier alpha value is -2.32. The molecule has 2 saturated heterocycles. The minimum absolute atomic E-state index is 0.0184. The van der Waals surface area contributed by atoms with Crippen LogP contribution in [0.5, 0.6) is 0 Å². The van der Waals surface area contributed by atoms with Gasteiger partial charge in [0.1, 0.15) is 17.8 Å². The SMILES string of the molecule is COC(=O)CCCCC(=O)OC1CC(C)(C)N(OCC(C)(O)CON2C(C)(C)CC(OC(=O)CCCCC(=O)OC)CC2(C)C)C(C)(C)C1. The van der Waals surface area contributed by atoms with Gasteiger partial charge in [0.15, 0.2) is 0 Å². The molecule has 2 aliphatic heterocycles. The number of methoxy groups -OCH3 is 2. The van der Waals surface area contributed by atoms with E-state index in [1.54, 1.807) is 6.92 Å². The molecule has 2 aliphatic rings. The fourth-order valence-corrected chi connectivity index (χ4v) is 7.43. The Labute approximate surface area is 293 Å². The van der Waals surface area contributed by atoms with Gasteiger partial charge >= 0.3 is 23.9 Å². The summed E-state index contributed by atoms with van der Waals surface area (Å²) in [4.78, 5) is 60.4. The Morgan fingerprint density at radius 1 is 0.571 bits per heavy atom. The molecular weight excluding hydrogens is 636 g/mol. The molecule has 0 aliphatic carbocycles. The molecule has 0 bridgehead atoms. The summed E-state index contributed by atoms with van der Waals surface area (Å²) in [5, 5.41) is 15.2.